The smallest absolute Gasteiger partial charge is 0.119 e. The highest BCUT2D eigenvalue weighted by molar-refractivity contribution is 8.12. The molecule has 2 aromatic rings. The molecule has 0 aliphatic heterocycles. The summed E-state index contributed by atoms with van der Waals surface area (Å²) in [6.45, 7) is 23.1. The molecule has 1 atom stereocenters. The van der Waals surface area contributed by atoms with E-state index in [0.717, 1.165) is 88.4 Å². The average molecular weight is 629 g/mol. The number of hydrazone groups is 1. The molecule has 43 heavy (non-hydrogen) atoms. The predicted octanol–water partition coefficient (Wildman–Crippen LogP) is 3.37. The molecule has 0 amide bonds. The van der Waals surface area contributed by atoms with E-state index < -0.39 is 6.34 Å². The van der Waals surface area contributed by atoms with Crippen molar-refractivity contribution < 1.29 is 14.5 Å². The van der Waals surface area contributed by atoms with Crippen molar-refractivity contribution in [2.24, 2.45) is 5.10 Å². The minimum absolute atomic E-state index is 0.611. The van der Waals surface area contributed by atoms with Gasteiger partial charge in [0, 0.05) is 37.4 Å². The van der Waals surface area contributed by atoms with Crippen molar-refractivity contribution in [1.82, 2.24) is 9.87 Å². The molecule has 2 aromatic carbocycles. The molecule has 0 aliphatic rings. The summed E-state index contributed by atoms with van der Waals surface area (Å²) in [5, 5.41) is 8.63. The Morgan fingerprint density at radius 1 is 0.930 bits per heavy atom. The van der Waals surface area contributed by atoms with E-state index >= 15 is 0 Å². The highest BCUT2D eigenvalue weighted by Gasteiger charge is 2.22. The number of nitrogens with zero attached hydrogens (tertiary/aromatic N) is 3. The molecule has 3 N–H and O–H groups in total. The number of rotatable bonds is 21. The molecular weight excluding hydrogens is 571 g/mol. The summed E-state index contributed by atoms with van der Waals surface area (Å²) >= 11 is 6.31. The molecule has 0 bridgehead atoms. The van der Waals surface area contributed by atoms with Gasteiger partial charge in [-0.1, -0.05) is 17.7 Å². The molecule has 7 nitrogen and oxygen atoms in total. The molecular formula is C34H57N6OPS+2. The van der Waals surface area contributed by atoms with Crippen LogP contribution in [0.25, 0.3) is 0 Å². The van der Waals surface area contributed by atoms with E-state index in [1.807, 2.05) is 37.1 Å². The summed E-state index contributed by atoms with van der Waals surface area (Å²) < 4.78 is 8.12. The summed E-state index contributed by atoms with van der Waals surface area (Å²) in [6.07, 6.45) is 1.99. The maximum absolute atomic E-state index is 6.31. The maximum Gasteiger partial charge on any atom is 0.119 e. The lowest BCUT2D eigenvalue weighted by molar-refractivity contribution is -0.896. The van der Waals surface area contributed by atoms with Gasteiger partial charge in [-0.05, 0) is 95.6 Å². The first kappa shape index (κ1) is 36.8. The van der Waals surface area contributed by atoms with Crippen LogP contribution in [0.1, 0.15) is 59.1 Å². The fourth-order valence-electron chi connectivity index (χ4n) is 5.01. The topological polar surface area (TPSA) is 49.0 Å². The van der Waals surface area contributed by atoms with E-state index in [1.54, 1.807) is 9.80 Å². The van der Waals surface area contributed by atoms with Gasteiger partial charge in [-0.15, -0.1) is 5.92 Å². The lowest BCUT2D eigenvalue weighted by Gasteiger charge is -2.31. The Kier molecular flexibility index (Phi) is 17.6. The number of hydrogen-bond donors (Lipinski definition) is 3. The second-order valence-electron chi connectivity index (χ2n) is 10.8. The molecule has 0 spiro atoms. The van der Waals surface area contributed by atoms with Gasteiger partial charge in [0.05, 0.1) is 58.6 Å². The zero-order chi connectivity index (χ0) is 31.5. The standard InChI is InChI=1S/C34H55N6OPS/c1-8-15-31-16-20-33(21-17-31)40(13-6)27-28-41-34-22-18-32(19-23-34)30-35-37(7)42(43,29-14-25-38(9-2)10-3)36-24-26-39(11-4)12-5/h16-23,30H,9-14,24-29H2,1-7H3,(H,36,43)/p+2/b35-30-. The molecule has 0 radical (unpaired) electrons. The molecule has 0 saturated carbocycles. The zero-order valence-corrected chi connectivity index (χ0v) is 29.5. The lowest BCUT2D eigenvalue weighted by atomic mass is 10.2. The third-order valence-corrected chi connectivity index (χ3v) is 12.4. The first-order valence-electron chi connectivity index (χ1n) is 16.1. The number of benzene rings is 2. The van der Waals surface area contributed by atoms with Crippen LogP contribution in [0.4, 0.5) is 5.69 Å². The van der Waals surface area contributed by atoms with E-state index in [9.17, 15) is 0 Å². The van der Waals surface area contributed by atoms with Gasteiger partial charge in [-0.2, -0.15) is 5.10 Å². The third kappa shape index (κ3) is 13.0. The van der Waals surface area contributed by atoms with Gasteiger partial charge in [0.1, 0.15) is 18.7 Å². The van der Waals surface area contributed by atoms with Crippen LogP contribution in [0, 0.1) is 11.8 Å². The first-order chi connectivity index (χ1) is 20.8. The molecule has 0 saturated heterocycles. The molecule has 9 heteroatoms. The van der Waals surface area contributed by atoms with Crippen LogP contribution in [0.15, 0.2) is 53.6 Å². The second-order valence-corrected chi connectivity index (χ2v) is 15.3. The summed E-state index contributed by atoms with van der Waals surface area (Å²) in [4.78, 5) is 5.53. The van der Waals surface area contributed by atoms with Crippen LogP contribution >= 0.6 is 6.34 Å². The average Bonchev–Trinajstić information content (AvgIpc) is 3.03. The molecule has 2 rings (SSSR count). The van der Waals surface area contributed by atoms with E-state index in [2.05, 4.69) is 92.8 Å². The number of likely N-dealkylation sites (N-methyl/N-ethyl adjacent to an activating group) is 2. The molecule has 0 fully saturated rings. The normalized spacial score (nSPS) is 12.8. The number of ether oxygens (including phenoxy) is 1. The number of hydrogen-bond acceptors (Lipinski definition) is 4. The van der Waals surface area contributed by atoms with Crippen LogP contribution in [-0.4, -0.2) is 89.7 Å². The Morgan fingerprint density at radius 3 is 2.14 bits per heavy atom. The third-order valence-electron chi connectivity index (χ3n) is 8.06. The quantitative estimate of drug-likeness (QED) is 0.0858. The molecule has 238 valence electrons. The highest BCUT2D eigenvalue weighted by Crippen LogP contribution is 2.45. The predicted molar refractivity (Wildman–Crippen MR) is 190 cm³/mol. The van der Waals surface area contributed by atoms with Crippen LogP contribution in [-0.2, 0) is 11.8 Å². The molecule has 1 unspecified atom stereocenters. The summed E-state index contributed by atoms with van der Waals surface area (Å²) in [5.41, 5.74) is 3.26. The minimum Gasteiger partial charge on any atom is -0.492 e. The van der Waals surface area contributed by atoms with Crippen molar-refractivity contribution >= 4 is 30.0 Å². The molecule has 0 aromatic heterocycles. The fourth-order valence-corrected chi connectivity index (χ4v) is 7.72. The van der Waals surface area contributed by atoms with E-state index in [-0.39, 0.29) is 0 Å². The van der Waals surface area contributed by atoms with Crippen LogP contribution < -0.4 is 24.5 Å². The Bertz CT molecular complexity index is 1150. The van der Waals surface area contributed by atoms with Crippen molar-refractivity contribution in [3.05, 3.63) is 59.7 Å². The summed E-state index contributed by atoms with van der Waals surface area (Å²) in [6, 6.07) is 16.5. The van der Waals surface area contributed by atoms with E-state index in [0.29, 0.717) is 6.61 Å². The number of anilines is 1. The van der Waals surface area contributed by atoms with Crippen LogP contribution in [0.5, 0.6) is 5.75 Å². The monoisotopic (exact) mass is 628 g/mol. The van der Waals surface area contributed by atoms with Crippen molar-refractivity contribution in [2.45, 2.75) is 48.0 Å². The van der Waals surface area contributed by atoms with Crippen LogP contribution in [0.2, 0.25) is 0 Å². The van der Waals surface area contributed by atoms with Gasteiger partial charge in [0.25, 0.3) is 0 Å². The van der Waals surface area contributed by atoms with Crippen molar-refractivity contribution in [2.75, 3.05) is 83.6 Å². The first-order valence-corrected chi connectivity index (χ1v) is 19.1. The van der Waals surface area contributed by atoms with Gasteiger partial charge in [0.2, 0.25) is 0 Å². The van der Waals surface area contributed by atoms with Crippen molar-refractivity contribution in [3.63, 3.8) is 0 Å². The largest absolute Gasteiger partial charge is 0.492 e. The van der Waals surface area contributed by atoms with Crippen LogP contribution in [0.3, 0.4) is 0 Å². The second kappa shape index (κ2) is 20.5. The van der Waals surface area contributed by atoms with Gasteiger partial charge in [-0.3, -0.25) is 9.87 Å². The van der Waals surface area contributed by atoms with Gasteiger partial charge in [-0.25, -0.2) is 0 Å². The Hall–Kier alpha value is -2.40. The number of quaternary nitrogens is 2. The highest BCUT2D eigenvalue weighted by atomic mass is 32.4. The zero-order valence-electron chi connectivity index (χ0n) is 27.8. The fraction of sp³-hybridized carbons (Fsp3) is 0.559. The van der Waals surface area contributed by atoms with Crippen molar-refractivity contribution in [3.8, 4) is 17.6 Å². The van der Waals surface area contributed by atoms with Gasteiger partial charge in [0.15, 0.2) is 0 Å². The lowest BCUT2D eigenvalue weighted by Crippen LogP contribution is -3.12. The van der Waals surface area contributed by atoms with Gasteiger partial charge < -0.3 is 19.4 Å². The molecule has 0 heterocycles. The molecule has 0 aliphatic carbocycles. The SMILES string of the molecule is CC#Cc1ccc(N(CC)CCOc2ccc(/C=N\N(C)P(=S)(CCC[NH+](CC)CC)NCC[NH+](CC)CC)cc2)cc1. The summed E-state index contributed by atoms with van der Waals surface area (Å²) in [7, 11) is 2.04. The van der Waals surface area contributed by atoms with E-state index in [4.69, 9.17) is 21.6 Å². The Labute approximate surface area is 267 Å². The minimum atomic E-state index is -2.01. The maximum atomic E-state index is 6.31. The summed E-state index contributed by atoms with van der Waals surface area (Å²) in [5.74, 6) is 6.91. The Balaban J connectivity index is 1.96. The Morgan fingerprint density at radius 2 is 1.56 bits per heavy atom. The van der Waals surface area contributed by atoms with E-state index in [1.165, 1.54) is 5.69 Å². The number of nitrogens with one attached hydrogen (secondary N) is 3. The van der Waals surface area contributed by atoms with Gasteiger partial charge >= 0.3 is 0 Å². The van der Waals surface area contributed by atoms with Crippen molar-refractivity contribution in [1.29, 1.82) is 0 Å².